The summed E-state index contributed by atoms with van der Waals surface area (Å²) in [5, 5.41) is 8.68. The topological polar surface area (TPSA) is 55.8 Å². The Labute approximate surface area is 165 Å². The van der Waals surface area contributed by atoms with Crippen LogP contribution >= 0.6 is 0 Å². The second kappa shape index (κ2) is 9.09. The molecule has 3 atom stereocenters. The minimum absolute atomic E-state index is 0.304. The summed E-state index contributed by atoms with van der Waals surface area (Å²) in [4.78, 5) is 10.6. The molecule has 28 heavy (non-hydrogen) atoms. The van der Waals surface area contributed by atoms with Crippen molar-refractivity contribution < 1.29 is 23.8 Å². The molecule has 0 heterocycles. The van der Waals surface area contributed by atoms with Gasteiger partial charge in [-0.05, 0) is 78.8 Å². The van der Waals surface area contributed by atoms with E-state index in [1.54, 1.807) is 0 Å². The zero-order valence-electron chi connectivity index (χ0n) is 16.4. The van der Waals surface area contributed by atoms with Crippen LogP contribution in [0.15, 0.2) is 42.5 Å². The Balaban J connectivity index is 1.55. The first-order valence-electron chi connectivity index (χ1n) is 9.74. The molecule has 150 valence electrons. The molecule has 1 aliphatic carbocycles. The summed E-state index contributed by atoms with van der Waals surface area (Å²) in [6.07, 6.45) is 4.55. The molecule has 4 nitrogen and oxygen atoms in total. The summed E-state index contributed by atoms with van der Waals surface area (Å²) in [6, 6.07) is 12.9. The fourth-order valence-corrected chi connectivity index (χ4v) is 4.19. The average molecular weight is 386 g/mol. The van der Waals surface area contributed by atoms with Gasteiger partial charge in [0.2, 0.25) is 0 Å². The van der Waals surface area contributed by atoms with E-state index < -0.39 is 5.97 Å². The van der Waals surface area contributed by atoms with E-state index >= 15 is 0 Å². The molecule has 5 heteroatoms. The second-order valence-corrected chi connectivity index (χ2v) is 7.66. The van der Waals surface area contributed by atoms with Crippen molar-refractivity contribution in [3.8, 4) is 11.5 Å². The van der Waals surface area contributed by atoms with E-state index in [2.05, 4.69) is 6.92 Å². The third-order valence-electron chi connectivity index (χ3n) is 5.69. The minimum Gasteiger partial charge on any atom is -0.494 e. The largest absolute Gasteiger partial charge is 0.494 e. The number of carbonyl (C=O) groups is 1. The lowest BCUT2D eigenvalue weighted by atomic mass is 9.88. The zero-order valence-corrected chi connectivity index (χ0v) is 16.4. The first-order chi connectivity index (χ1) is 13.5. The fraction of sp³-hybridized carbons (Fsp3) is 0.435. The van der Waals surface area contributed by atoms with Crippen LogP contribution in [0.4, 0.5) is 4.39 Å². The maximum absolute atomic E-state index is 13.6. The maximum Gasteiger partial charge on any atom is 0.341 e. The number of hydrogen-bond donors (Lipinski definition) is 1. The maximum atomic E-state index is 13.6. The molecule has 0 amide bonds. The van der Waals surface area contributed by atoms with Gasteiger partial charge in [0.05, 0.1) is 7.11 Å². The number of benzene rings is 2. The first kappa shape index (κ1) is 20.2. The van der Waals surface area contributed by atoms with Crippen LogP contribution < -0.4 is 9.47 Å². The highest BCUT2D eigenvalue weighted by atomic mass is 19.1. The SMILES string of the molecule is COc1cc([C@@H](C)C[C@H]2CC[C@@H](c3ccc(OCC(=O)O)cc3)C2)ccc1F. The highest BCUT2D eigenvalue weighted by Crippen LogP contribution is 2.43. The number of ether oxygens (including phenoxy) is 2. The van der Waals surface area contributed by atoms with E-state index in [0.717, 1.165) is 24.8 Å². The summed E-state index contributed by atoms with van der Waals surface area (Å²) in [6.45, 7) is 1.87. The summed E-state index contributed by atoms with van der Waals surface area (Å²) < 4.78 is 23.9. The van der Waals surface area contributed by atoms with Gasteiger partial charge < -0.3 is 14.6 Å². The lowest BCUT2D eigenvalue weighted by Gasteiger charge is -2.18. The van der Waals surface area contributed by atoms with Crippen molar-refractivity contribution in [1.82, 2.24) is 0 Å². The average Bonchev–Trinajstić information content (AvgIpc) is 3.15. The Kier molecular flexibility index (Phi) is 6.55. The smallest absolute Gasteiger partial charge is 0.341 e. The molecular weight excluding hydrogens is 359 g/mol. The van der Waals surface area contributed by atoms with Crippen molar-refractivity contribution in [2.24, 2.45) is 5.92 Å². The molecule has 1 aliphatic rings. The summed E-state index contributed by atoms with van der Waals surface area (Å²) >= 11 is 0. The predicted octanol–water partition coefficient (Wildman–Crippen LogP) is 5.38. The first-order valence-corrected chi connectivity index (χ1v) is 9.74. The van der Waals surface area contributed by atoms with Crippen molar-refractivity contribution in [3.63, 3.8) is 0 Å². The van der Waals surface area contributed by atoms with Crippen LogP contribution in [-0.2, 0) is 4.79 Å². The van der Waals surface area contributed by atoms with Gasteiger partial charge in [-0.15, -0.1) is 0 Å². The molecule has 1 N–H and O–H groups in total. The number of carboxylic acid groups (broad SMARTS) is 1. The minimum atomic E-state index is -0.976. The standard InChI is InChI=1S/C23H27FO4/c1-15(18-7-10-21(24)22(13-18)27-2)11-16-3-4-19(12-16)17-5-8-20(9-6-17)28-14-23(25)26/h5-10,13,15-16,19H,3-4,11-12,14H2,1-2H3,(H,25,26)/t15-,16+,19+/m0/s1. The van der Waals surface area contributed by atoms with Crippen LogP contribution in [0.5, 0.6) is 11.5 Å². The molecule has 2 aromatic rings. The van der Waals surface area contributed by atoms with Crippen LogP contribution in [0.1, 0.15) is 55.6 Å². The van der Waals surface area contributed by atoms with Crippen LogP contribution in [-0.4, -0.2) is 24.8 Å². The van der Waals surface area contributed by atoms with Gasteiger partial charge in [0, 0.05) is 0 Å². The molecular formula is C23H27FO4. The van der Waals surface area contributed by atoms with E-state index in [4.69, 9.17) is 14.6 Å². The van der Waals surface area contributed by atoms with Gasteiger partial charge in [-0.3, -0.25) is 0 Å². The van der Waals surface area contributed by atoms with Crippen LogP contribution in [0.2, 0.25) is 0 Å². The lowest BCUT2D eigenvalue weighted by Crippen LogP contribution is -2.09. The predicted molar refractivity (Wildman–Crippen MR) is 106 cm³/mol. The molecule has 0 aliphatic heterocycles. The highest BCUT2D eigenvalue weighted by Gasteiger charge is 2.27. The molecule has 1 saturated carbocycles. The molecule has 3 rings (SSSR count). The normalized spacial score (nSPS) is 20.0. The van der Waals surface area contributed by atoms with Crippen molar-refractivity contribution in [3.05, 3.63) is 59.4 Å². The lowest BCUT2D eigenvalue weighted by molar-refractivity contribution is -0.139. The van der Waals surface area contributed by atoms with E-state index in [9.17, 15) is 9.18 Å². The molecule has 0 saturated heterocycles. The zero-order chi connectivity index (χ0) is 20.1. The second-order valence-electron chi connectivity index (χ2n) is 7.66. The monoisotopic (exact) mass is 386 g/mol. The van der Waals surface area contributed by atoms with Crippen molar-refractivity contribution in [1.29, 1.82) is 0 Å². The number of hydrogen-bond acceptors (Lipinski definition) is 3. The number of rotatable bonds is 8. The summed E-state index contributed by atoms with van der Waals surface area (Å²) in [5.74, 6) is 1.10. The van der Waals surface area contributed by atoms with Crippen LogP contribution in [0, 0.1) is 11.7 Å². The van der Waals surface area contributed by atoms with Crippen molar-refractivity contribution in [2.75, 3.05) is 13.7 Å². The van der Waals surface area contributed by atoms with E-state index in [0.29, 0.717) is 29.3 Å². The van der Waals surface area contributed by atoms with Gasteiger partial charge in [-0.2, -0.15) is 0 Å². The molecule has 0 spiro atoms. The van der Waals surface area contributed by atoms with E-state index in [1.165, 1.54) is 25.2 Å². The quantitative estimate of drug-likeness (QED) is 0.662. The van der Waals surface area contributed by atoms with Crippen LogP contribution in [0.25, 0.3) is 0 Å². The molecule has 2 aromatic carbocycles. The number of aliphatic carboxylic acids is 1. The van der Waals surface area contributed by atoms with E-state index in [-0.39, 0.29) is 12.4 Å². The molecule has 0 radical (unpaired) electrons. The molecule has 0 aromatic heterocycles. The summed E-state index contributed by atoms with van der Waals surface area (Å²) in [5.41, 5.74) is 2.39. The molecule has 1 fully saturated rings. The van der Waals surface area contributed by atoms with Gasteiger partial charge in [0.15, 0.2) is 18.2 Å². The Morgan fingerprint density at radius 3 is 2.64 bits per heavy atom. The number of carboxylic acids is 1. The summed E-state index contributed by atoms with van der Waals surface area (Å²) in [7, 11) is 1.49. The molecule has 0 bridgehead atoms. The Morgan fingerprint density at radius 1 is 1.21 bits per heavy atom. The van der Waals surface area contributed by atoms with Crippen LogP contribution in [0.3, 0.4) is 0 Å². The Bertz CT molecular complexity index is 803. The van der Waals surface area contributed by atoms with Gasteiger partial charge in [-0.25, -0.2) is 9.18 Å². The van der Waals surface area contributed by atoms with Gasteiger partial charge in [0.1, 0.15) is 5.75 Å². The van der Waals surface area contributed by atoms with Gasteiger partial charge >= 0.3 is 5.97 Å². The van der Waals surface area contributed by atoms with Crippen molar-refractivity contribution >= 4 is 5.97 Å². The van der Waals surface area contributed by atoms with Crippen molar-refractivity contribution in [2.45, 2.75) is 44.4 Å². The van der Waals surface area contributed by atoms with Gasteiger partial charge in [-0.1, -0.05) is 25.1 Å². The molecule has 0 unspecified atom stereocenters. The Hall–Kier alpha value is -2.56. The third kappa shape index (κ3) is 5.03. The van der Waals surface area contributed by atoms with Gasteiger partial charge in [0.25, 0.3) is 0 Å². The third-order valence-corrected chi connectivity index (χ3v) is 5.69. The Morgan fingerprint density at radius 2 is 1.96 bits per heavy atom. The highest BCUT2D eigenvalue weighted by molar-refractivity contribution is 5.68. The number of methoxy groups -OCH3 is 1. The fourth-order valence-electron chi connectivity index (χ4n) is 4.19. The van der Waals surface area contributed by atoms with E-state index in [1.807, 2.05) is 36.4 Å². The number of halogens is 1.